The summed E-state index contributed by atoms with van der Waals surface area (Å²) in [6, 6.07) is 7.46. The van der Waals surface area contributed by atoms with E-state index in [-0.39, 0.29) is 17.9 Å². The Morgan fingerprint density at radius 3 is 2.42 bits per heavy atom. The van der Waals surface area contributed by atoms with E-state index in [9.17, 15) is 9.59 Å². The quantitative estimate of drug-likeness (QED) is 0.634. The monoisotopic (exact) mass is 333 g/mol. The third kappa shape index (κ3) is 4.88. The highest BCUT2D eigenvalue weighted by Gasteiger charge is 2.35. The van der Waals surface area contributed by atoms with Crippen LogP contribution in [0.2, 0.25) is 0 Å². The Bertz CT molecular complexity index is 553. The topological polar surface area (TPSA) is 93.4 Å². The largest absolute Gasteiger partial charge is 0.497 e. The van der Waals surface area contributed by atoms with Crippen LogP contribution in [-0.4, -0.2) is 31.5 Å². The fourth-order valence-corrected chi connectivity index (χ4v) is 3.23. The zero-order valence-corrected chi connectivity index (χ0v) is 14.4. The van der Waals surface area contributed by atoms with Gasteiger partial charge in [-0.3, -0.25) is 9.59 Å². The Kier molecular flexibility index (Phi) is 6.46. The number of benzene rings is 1. The number of carbonyl (C=O) groups excluding carboxylic acids is 2. The third-order valence-electron chi connectivity index (χ3n) is 4.55. The summed E-state index contributed by atoms with van der Waals surface area (Å²) in [4.78, 5) is 24.1. The van der Waals surface area contributed by atoms with Gasteiger partial charge in [0.05, 0.1) is 7.11 Å². The molecule has 0 radical (unpaired) electrons. The van der Waals surface area contributed by atoms with Crippen molar-refractivity contribution >= 4 is 17.5 Å². The predicted molar refractivity (Wildman–Crippen MR) is 93.7 cm³/mol. The molecule has 6 heteroatoms. The number of carbonyl (C=O) groups is 2. The van der Waals surface area contributed by atoms with Crippen molar-refractivity contribution in [2.24, 2.45) is 17.6 Å². The number of anilines is 1. The van der Waals surface area contributed by atoms with E-state index in [1.807, 2.05) is 31.2 Å². The molecule has 2 rings (SSSR count). The number of nitrogens with one attached hydrogen (secondary N) is 2. The zero-order chi connectivity index (χ0) is 17.5. The molecule has 0 bridgehead atoms. The minimum atomic E-state index is -0.712. The molecule has 2 atom stereocenters. The molecule has 24 heavy (non-hydrogen) atoms. The summed E-state index contributed by atoms with van der Waals surface area (Å²) < 4.78 is 5.12. The maximum absolute atomic E-state index is 12.4. The zero-order valence-electron chi connectivity index (χ0n) is 14.4. The molecule has 0 aliphatic heterocycles. The van der Waals surface area contributed by atoms with E-state index in [4.69, 9.17) is 10.5 Å². The fourth-order valence-electron chi connectivity index (χ4n) is 3.23. The van der Waals surface area contributed by atoms with Crippen LogP contribution in [0.3, 0.4) is 0 Å². The minimum absolute atomic E-state index is 0.0873. The number of hydrogen-bond donors (Lipinski definition) is 3. The summed E-state index contributed by atoms with van der Waals surface area (Å²) in [6.45, 7) is 2.47. The summed E-state index contributed by atoms with van der Waals surface area (Å²) in [5.41, 5.74) is 6.40. The fraction of sp³-hybridized carbons (Fsp3) is 0.556. The summed E-state index contributed by atoms with van der Waals surface area (Å²) in [7, 11) is 1.62. The van der Waals surface area contributed by atoms with Gasteiger partial charge >= 0.3 is 0 Å². The van der Waals surface area contributed by atoms with E-state index in [2.05, 4.69) is 10.6 Å². The van der Waals surface area contributed by atoms with Gasteiger partial charge in [0.2, 0.25) is 11.8 Å². The lowest BCUT2D eigenvalue weighted by Crippen LogP contribution is -2.47. The molecule has 2 amide bonds. The summed E-state index contributed by atoms with van der Waals surface area (Å²) in [6.07, 6.45) is 3.94. The van der Waals surface area contributed by atoms with Crippen LogP contribution in [0.1, 0.15) is 32.6 Å². The average molecular weight is 333 g/mol. The van der Waals surface area contributed by atoms with Gasteiger partial charge in [-0.15, -0.1) is 0 Å². The number of rotatable bonds is 8. The van der Waals surface area contributed by atoms with E-state index in [1.165, 1.54) is 0 Å². The number of hydrogen-bond acceptors (Lipinski definition) is 4. The Labute approximate surface area is 143 Å². The molecule has 1 aromatic rings. The number of amides is 2. The van der Waals surface area contributed by atoms with Gasteiger partial charge in [0.25, 0.3) is 0 Å². The van der Waals surface area contributed by atoms with Crippen molar-refractivity contribution < 1.29 is 14.3 Å². The van der Waals surface area contributed by atoms with Gasteiger partial charge in [-0.05, 0) is 49.9 Å². The molecule has 0 spiro atoms. The Morgan fingerprint density at radius 2 is 1.88 bits per heavy atom. The molecule has 0 heterocycles. The van der Waals surface area contributed by atoms with Gasteiger partial charge in [0, 0.05) is 18.3 Å². The summed E-state index contributed by atoms with van der Waals surface area (Å²) in [5, 5.41) is 6.16. The second-order valence-electron chi connectivity index (χ2n) is 6.44. The van der Waals surface area contributed by atoms with Crippen LogP contribution in [0.25, 0.3) is 0 Å². The van der Waals surface area contributed by atoms with Crippen molar-refractivity contribution in [2.75, 3.05) is 19.0 Å². The smallest absolute Gasteiger partial charge is 0.233 e. The predicted octanol–water partition coefficient (Wildman–Crippen LogP) is 1.90. The lowest BCUT2D eigenvalue weighted by atomic mass is 9.89. The van der Waals surface area contributed by atoms with Gasteiger partial charge in [-0.1, -0.05) is 12.8 Å². The summed E-state index contributed by atoms with van der Waals surface area (Å²) in [5.74, 6) is -0.601. The lowest BCUT2D eigenvalue weighted by Gasteiger charge is -2.22. The second-order valence-corrected chi connectivity index (χ2v) is 6.44. The molecule has 4 N–H and O–H groups in total. The van der Waals surface area contributed by atoms with Crippen molar-refractivity contribution in [3.8, 4) is 5.75 Å². The van der Waals surface area contributed by atoms with Gasteiger partial charge < -0.3 is 21.1 Å². The molecule has 0 saturated heterocycles. The maximum atomic E-state index is 12.4. The van der Waals surface area contributed by atoms with Crippen LogP contribution in [0, 0.1) is 11.8 Å². The Balaban J connectivity index is 1.84. The van der Waals surface area contributed by atoms with E-state index < -0.39 is 11.8 Å². The SMILES string of the molecule is COc1ccc(NC[C@H](C)NC(=O)C(C(N)=O)C2CCCC2)cc1. The van der Waals surface area contributed by atoms with Gasteiger partial charge in [-0.2, -0.15) is 0 Å². The molecular weight excluding hydrogens is 306 g/mol. The van der Waals surface area contributed by atoms with Gasteiger partial charge in [0.15, 0.2) is 0 Å². The molecule has 1 fully saturated rings. The number of methoxy groups -OCH3 is 1. The van der Waals surface area contributed by atoms with Gasteiger partial charge in [-0.25, -0.2) is 0 Å². The molecule has 1 aliphatic carbocycles. The van der Waals surface area contributed by atoms with Crippen molar-refractivity contribution in [1.82, 2.24) is 5.32 Å². The molecular formula is C18H27N3O3. The number of primary amides is 1. The minimum Gasteiger partial charge on any atom is -0.497 e. The highest BCUT2D eigenvalue weighted by Crippen LogP contribution is 2.31. The van der Waals surface area contributed by atoms with E-state index in [0.29, 0.717) is 6.54 Å². The molecule has 1 aliphatic rings. The van der Waals surface area contributed by atoms with Crippen molar-refractivity contribution in [3.63, 3.8) is 0 Å². The van der Waals surface area contributed by atoms with Gasteiger partial charge in [0.1, 0.15) is 11.7 Å². The summed E-state index contributed by atoms with van der Waals surface area (Å²) >= 11 is 0. The van der Waals surface area contributed by atoms with Crippen LogP contribution in [0.15, 0.2) is 24.3 Å². The molecule has 132 valence electrons. The van der Waals surface area contributed by atoms with E-state index in [0.717, 1.165) is 37.1 Å². The third-order valence-corrected chi connectivity index (χ3v) is 4.55. The van der Waals surface area contributed by atoms with Crippen LogP contribution >= 0.6 is 0 Å². The van der Waals surface area contributed by atoms with Crippen LogP contribution in [0.4, 0.5) is 5.69 Å². The first-order chi connectivity index (χ1) is 11.5. The Hall–Kier alpha value is -2.24. The van der Waals surface area contributed by atoms with Crippen LogP contribution in [0.5, 0.6) is 5.75 Å². The molecule has 1 aromatic carbocycles. The van der Waals surface area contributed by atoms with Crippen LogP contribution < -0.4 is 21.1 Å². The lowest BCUT2D eigenvalue weighted by molar-refractivity contribution is -0.136. The van der Waals surface area contributed by atoms with Crippen molar-refractivity contribution in [3.05, 3.63) is 24.3 Å². The average Bonchev–Trinajstić information content (AvgIpc) is 3.07. The maximum Gasteiger partial charge on any atom is 0.233 e. The van der Waals surface area contributed by atoms with Crippen molar-refractivity contribution in [2.45, 2.75) is 38.6 Å². The highest BCUT2D eigenvalue weighted by molar-refractivity contribution is 6.00. The number of ether oxygens (including phenoxy) is 1. The van der Waals surface area contributed by atoms with E-state index in [1.54, 1.807) is 7.11 Å². The second kappa shape index (κ2) is 8.57. The number of nitrogens with two attached hydrogens (primary N) is 1. The highest BCUT2D eigenvalue weighted by atomic mass is 16.5. The first-order valence-electron chi connectivity index (χ1n) is 8.49. The van der Waals surface area contributed by atoms with Crippen molar-refractivity contribution in [1.29, 1.82) is 0 Å². The first kappa shape index (κ1) is 18.1. The molecule has 6 nitrogen and oxygen atoms in total. The Morgan fingerprint density at radius 1 is 1.25 bits per heavy atom. The molecule has 1 saturated carbocycles. The standard InChI is InChI=1S/C18H27N3O3/c1-12(11-20-14-7-9-15(24-2)10-8-14)21-18(23)16(17(19)22)13-5-3-4-6-13/h7-10,12-13,16,20H,3-6,11H2,1-2H3,(H2,19,22)(H,21,23)/t12-,16?/m0/s1. The normalized spacial score (nSPS) is 17.1. The first-order valence-corrected chi connectivity index (χ1v) is 8.49. The van der Waals surface area contributed by atoms with E-state index >= 15 is 0 Å². The molecule has 0 aromatic heterocycles. The van der Waals surface area contributed by atoms with Crippen LogP contribution in [-0.2, 0) is 9.59 Å². The molecule has 1 unspecified atom stereocenters.